The zero-order valence-electron chi connectivity index (χ0n) is 22.6. The standard InChI is InChI=1S/C32H36N4O3S/c33-19-22-7-6-8-23(17-22)20-34-32(37)31-18-28-27-11-4-5-12-29(27)35-30(28)21-36(31)40(38,39)26-15-13-25(14-16-26)24-9-2-1-3-10-24/h1-5,9-16,22-23,31,35H,6-8,17-21,33H2,(H,34,37). The number of fused-ring (bicyclic) bond motifs is 3. The van der Waals surface area contributed by atoms with Gasteiger partial charge in [0.05, 0.1) is 11.4 Å². The number of carbonyl (C=O) groups is 1. The number of H-pyrrole nitrogens is 1. The van der Waals surface area contributed by atoms with Gasteiger partial charge in [0.15, 0.2) is 0 Å². The summed E-state index contributed by atoms with van der Waals surface area (Å²) < 4.78 is 29.5. The van der Waals surface area contributed by atoms with Gasteiger partial charge in [-0.2, -0.15) is 4.31 Å². The van der Waals surface area contributed by atoms with Crippen LogP contribution in [0.1, 0.15) is 36.9 Å². The van der Waals surface area contributed by atoms with Crippen molar-refractivity contribution in [2.75, 3.05) is 13.1 Å². The summed E-state index contributed by atoms with van der Waals surface area (Å²) in [5.74, 6) is 0.624. The fourth-order valence-electron chi connectivity index (χ4n) is 6.41. The molecular formula is C32H36N4O3S. The van der Waals surface area contributed by atoms with Crippen molar-refractivity contribution < 1.29 is 13.2 Å². The van der Waals surface area contributed by atoms with E-state index in [1.54, 1.807) is 12.1 Å². The van der Waals surface area contributed by atoms with Crippen LogP contribution in [0, 0.1) is 11.8 Å². The molecular weight excluding hydrogens is 520 g/mol. The van der Waals surface area contributed by atoms with Gasteiger partial charge < -0.3 is 16.0 Å². The van der Waals surface area contributed by atoms with Gasteiger partial charge in [0.25, 0.3) is 0 Å². The molecule has 1 aromatic heterocycles. The highest BCUT2D eigenvalue weighted by atomic mass is 32.2. The number of sulfonamides is 1. The predicted octanol–water partition coefficient (Wildman–Crippen LogP) is 4.83. The molecule has 8 heteroatoms. The summed E-state index contributed by atoms with van der Waals surface area (Å²) in [6.07, 6.45) is 4.64. The average Bonchev–Trinajstić information content (AvgIpc) is 3.37. The molecule has 0 saturated heterocycles. The molecule has 4 aromatic rings. The third kappa shape index (κ3) is 5.19. The number of hydrogen-bond acceptors (Lipinski definition) is 4. The van der Waals surface area contributed by atoms with E-state index in [-0.39, 0.29) is 17.3 Å². The van der Waals surface area contributed by atoms with Crippen molar-refractivity contribution in [3.8, 4) is 11.1 Å². The van der Waals surface area contributed by atoms with E-state index in [0.29, 0.717) is 31.3 Å². The first-order valence-corrected chi connectivity index (χ1v) is 15.6. The number of para-hydroxylation sites is 1. The molecule has 3 atom stereocenters. The Hall–Kier alpha value is -3.46. The highest BCUT2D eigenvalue weighted by molar-refractivity contribution is 7.89. The van der Waals surface area contributed by atoms with Crippen LogP contribution >= 0.6 is 0 Å². The number of carbonyl (C=O) groups excluding carboxylic acids is 1. The zero-order chi connectivity index (χ0) is 27.7. The Morgan fingerprint density at radius 2 is 1.62 bits per heavy atom. The minimum Gasteiger partial charge on any atom is -0.357 e. The molecule has 208 valence electrons. The second-order valence-corrected chi connectivity index (χ2v) is 13.1. The van der Waals surface area contributed by atoms with Crippen LogP contribution in [0.5, 0.6) is 0 Å². The van der Waals surface area contributed by atoms with Gasteiger partial charge in [-0.1, -0.05) is 67.1 Å². The minimum atomic E-state index is -3.96. The monoisotopic (exact) mass is 556 g/mol. The van der Waals surface area contributed by atoms with E-state index in [2.05, 4.69) is 10.3 Å². The van der Waals surface area contributed by atoms with Crippen molar-refractivity contribution >= 4 is 26.8 Å². The Morgan fingerprint density at radius 3 is 2.40 bits per heavy atom. The van der Waals surface area contributed by atoms with E-state index in [1.807, 2.05) is 66.7 Å². The highest BCUT2D eigenvalue weighted by Crippen LogP contribution is 2.34. The Kier molecular flexibility index (Phi) is 7.49. The second-order valence-electron chi connectivity index (χ2n) is 11.2. The van der Waals surface area contributed by atoms with Crippen LogP contribution in [-0.4, -0.2) is 42.7 Å². The van der Waals surface area contributed by atoms with Gasteiger partial charge >= 0.3 is 0 Å². The summed E-state index contributed by atoms with van der Waals surface area (Å²) in [4.78, 5) is 17.3. The summed E-state index contributed by atoms with van der Waals surface area (Å²) >= 11 is 0. The van der Waals surface area contributed by atoms with E-state index in [0.717, 1.165) is 59.0 Å². The lowest BCUT2D eigenvalue weighted by atomic mass is 9.81. The fraction of sp³-hybridized carbons (Fsp3) is 0.344. The minimum absolute atomic E-state index is 0.115. The summed E-state index contributed by atoms with van der Waals surface area (Å²) in [7, 11) is -3.96. The molecule has 2 heterocycles. The molecule has 1 aliphatic carbocycles. The summed E-state index contributed by atoms with van der Waals surface area (Å²) in [6, 6.07) is 23.9. The van der Waals surface area contributed by atoms with Gasteiger partial charge in [-0.05, 0) is 72.5 Å². The smallest absolute Gasteiger partial charge is 0.244 e. The number of hydrogen-bond donors (Lipinski definition) is 3. The van der Waals surface area contributed by atoms with Crippen molar-refractivity contribution in [3.05, 3.63) is 90.1 Å². The topological polar surface area (TPSA) is 108 Å². The van der Waals surface area contributed by atoms with Crippen molar-refractivity contribution in [1.29, 1.82) is 0 Å². The van der Waals surface area contributed by atoms with Gasteiger partial charge in [-0.3, -0.25) is 4.79 Å². The molecule has 3 aromatic carbocycles. The van der Waals surface area contributed by atoms with Crippen LogP contribution in [-0.2, 0) is 27.8 Å². The fourth-order valence-corrected chi connectivity index (χ4v) is 7.97. The number of benzene rings is 3. The van der Waals surface area contributed by atoms with E-state index in [9.17, 15) is 13.2 Å². The van der Waals surface area contributed by atoms with Crippen LogP contribution in [0.25, 0.3) is 22.0 Å². The second kappa shape index (κ2) is 11.2. The van der Waals surface area contributed by atoms with Gasteiger partial charge in [0.2, 0.25) is 15.9 Å². The van der Waals surface area contributed by atoms with Crippen LogP contribution in [0.3, 0.4) is 0 Å². The maximum atomic E-state index is 14.1. The van der Waals surface area contributed by atoms with Crippen molar-refractivity contribution in [3.63, 3.8) is 0 Å². The SMILES string of the molecule is NCC1CCCC(CNC(=O)C2Cc3c([nH]c4ccccc34)CN2S(=O)(=O)c2ccc(-c3ccccc3)cc2)C1. The number of aromatic amines is 1. The predicted molar refractivity (Wildman–Crippen MR) is 158 cm³/mol. The molecule has 40 heavy (non-hydrogen) atoms. The maximum absolute atomic E-state index is 14.1. The molecule has 1 saturated carbocycles. The first-order chi connectivity index (χ1) is 19.4. The Labute approximate surface area is 235 Å². The number of nitrogens with zero attached hydrogens (tertiary/aromatic N) is 1. The van der Waals surface area contributed by atoms with Gasteiger partial charge in [-0.15, -0.1) is 0 Å². The molecule has 1 fully saturated rings. The number of nitrogens with one attached hydrogen (secondary N) is 2. The molecule has 3 unspecified atom stereocenters. The van der Waals surface area contributed by atoms with E-state index in [1.165, 1.54) is 4.31 Å². The number of rotatable bonds is 7. The molecule has 0 radical (unpaired) electrons. The summed E-state index contributed by atoms with van der Waals surface area (Å²) in [5, 5.41) is 4.17. The third-order valence-electron chi connectivity index (χ3n) is 8.62. The summed E-state index contributed by atoms with van der Waals surface area (Å²) in [6.45, 7) is 1.33. The third-order valence-corrected chi connectivity index (χ3v) is 10.5. The molecule has 6 rings (SSSR count). The lowest BCUT2D eigenvalue weighted by Gasteiger charge is -2.35. The van der Waals surface area contributed by atoms with Crippen molar-refractivity contribution in [2.24, 2.45) is 17.6 Å². The number of amides is 1. The molecule has 2 aliphatic rings. The largest absolute Gasteiger partial charge is 0.357 e. The van der Waals surface area contributed by atoms with Crippen molar-refractivity contribution in [2.45, 2.75) is 49.6 Å². The molecule has 7 nitrogen and oxygen atoms in total. The number of aromatic nitrogens is 1. The van der Waals surface area contributed by atoms with E-state index >= 15 is 0 Å². The lowest BCUT2D eigenvalue weighted by molar-refractivity contribution is -0.125. The van der Waals surface area contributed by atoms with Crippen LogP contribution < -0.4 is 11.1 Å². The first-order valence-electron chi connectivity index (χ1n) is 14.2. The lowest BCUT2D eigenvalue weighted by Crippen LogP contribution is -2.53. The van der Waals surface area contributed by atoms with E-state index in [4.69, 9.17) is 5.73 Å². The van der Waals surface area contributed by atoms with Gasteiger partial charge in [0, 0.05) is 29.6 Å². The highest BCUT2D eigenvalue weighted by Gasteiger charge is 2.41. The first kappa shape index (κ1) is 26.7. The average molecular weight is 557 g/mol. The van der Waals surface area contributed by atoms with Crippen molar-refractivity contribution in [1.82, 2.24) is 14.6 Å². The quantitative estimate of drug-likeness (QED) is 0.303. The molecule has 4 N–H and O–H groups in total. The summed E-state index contributed by atoms with van der Waals surface area (Å²) in [5.41, 5.74) is 10.7. The van der Waals surface area contributed by atoms with Crippen LogP contribution in [0.15, 0.2) is 83.8 Å². The maximum Gasteiger partial charge on any atom is 0.244 e. The zero-order valence-corrected chi connectivity index (χ0v) is 23.4. The van der Waals surface area contributed by atoms with Crippen LogP contribution in [0.2, 0.25) is 0 Å². The van der Waals surface area contributed by atoms with Gasteiger partial charge in [0.1, 0.15) is 6.04 Å². The Morgan fingerprint density at radius 1 is 0.925 bits per heavy atom. The Balaban J connectivity index is 1.29. The van der Waals surface area contributed by atoms with Crippen LogP contribution in [0.4, 0.5) is 0 Å². The van der Waals surface area contributed by atoms with Gasteiger partial charge in [-0.25, -0.2) is 8.42 Å². The molecule has 0 bridgehead atoms. The van der Waals surface area contributed by atoms with E-state index < -0.39 is 16.1 Å². The Bertz CT molecular complexity index is 1600. The molecule has 1 amide bonds. The number of nitrogens with two attached hydrogens (primary N) is 1. The molecule has 0 spiro atoms. The normalized spacial score (nSPS) is 21.7. The molecule has 1 aliphatic heterocycles.